The maximum absolute atomic E-state index is 12.8. The van der Waals surface area contributed by atoms with Crippen LogP contribution in [0.3, 0.4) is 0 Å². The van der Waals surface area contributed by atoms with E-state index >= 15 is 0 Å². The van der Waals surface area contributed by atoms with Gasteiger partial charge in [0.15, 0.2) is 0 Å². The van der Waals surface area contributed by atoms with Crippen molar-refractivity contribution in [2.75, 3.05) is 14.2 Å². The molecule has 2 aromatic heterocycles. The van der Waals surface area contributed by atoms with E-state index in [1.54, 1.807) is 31.3 Å². The number of methoxy groups -OCH3 is 1. The first kappa shape index (κ1) is 18.6. The van der Waals surface area contributed by atoms with E-state index in [0.29, 0.717) is 17.8 Å². The van der Waals surface area contributed by atoms with E-state index in [9.17, 15) is 4.79 Å². The lowest BCUT2D eigenvalue weighted by molar-refractivity contribution is 0.0737. The standard InChI is InChI=1S/C21H24N4O2/c1-14-7-6-10-22-18(14)11-15(2)25(3)21(26)20-13-19(23-24-20)16-8-5-9-17(12-16)27-4/h5-10,12-13,15H,11H2,1-4H3,(H,23,24)/t15-/m0/s1. The fourth-order valence-electron chi connectivity index (χ4n) is 2.90. The van der Waals surface area contributed by atoms with E-state index < -0.39 is 0 Å². The number of nitrogens with one attached hydrogen (secondary N) is 1. The zero-order chi connectivity index (χ0) is 19.4. The summed E-state index contributed by atoms with van der Waals surface area (Å²) in [5.41, 5.74) is 4.20. The minimum Gasteiger partial charge on any atom is -0.497 e. The minimum atomic E-state index is -0.0993. The van der Waals surface area contributed by atoms with Crippen LogP contribution in [-0.2, 0) is 6.42 Å². The van der Waals surface area contributed by atoms with Crippen molar-refractivity contribution in [1.82, 2.24) is 20.1 Å². The lowest BCUT2D eigenvalue weighted by Gasteiger charge is -2.24. The van der Waals surface area contributed by atoms with Gasteiger partial charge in [0.1, 0.15) is 11.4 Å². The number of ether oxygens (including phenoxy) is 1. The highest BCUT2D eigenvalue weighted by molar-refractivity contribution is 5.93. The number of hydrogen-bond donors (Lipinski definition) is 1. The summed E-state index contributed by atoms with van der Waals surface area (Å²) in [6.07, 6.45) is 2.48. The lowest BCUT2D eigenvalue weighted by atomic mass is 10.1. The number of pyridine rings is 1. The largest absolute Gasteiger partial charge is 0.497 e. The molecular formula is C21H24N4O2. The molecule has 1 N–H and O–H groups in total. The molecule has 0 radical (unpaired) electrons. The number of aromatic amines is 1. The van der Waals surface area contributed by atoms with Crippen LogP contribution in [0.1, 0.15) is 28.7 Å². The number of benzene rings is 1. The molecule has 0 aliphatic carbocycles. The Labute approximate surface area is 159 Å². The van der Waals surface area contributed by atoms with Crippen molar-refractivity contribution in [3.05, 3.63) is 65.6 Å². The van der Waals surface area contributed by atoms with Gasteiger partial charge >= 0.3 is 0 Å². The molecule has 2 heterocycles. The fourth-order valence-corrected chi connectivity index (χ4v) is 2.90. The number of H-pyrrole nitrogens is 1. The van der Waals surface area contributed by atoms with Crippen LogP contribution < -0.4 is 4.74 Å². The van der Waals surface area contributed by atoms with Gasteiger partial charge in [-0.15, -0.1) is 0 Å². The number of likely N-dealkylation sites (N-methyl/N-ethyl adjacent to an activating group) is 1. The molecule has 0 saturated carbocycles. The summed E-state index contributed by atoms with van der Waals surface area (Å²) >= 11 is 0. The van der Waals surface area contributed by atoms with Crippen molar-refractivity contribution in [2.24, 2.45) is 0 Å². The number of hydrogen-bond acceptors (Lipinski definition) is 4. The first-order valence-electron chi connectivity index (χ1n) is 8.87. The molecule has 1 atom stereocenters. The maximum atomic E-state index is 12.8. The molecule has 3 aromatic rings. The van der Waals surface area contributed by atoms with Crippen LogP contribution in [0, 0.1) is 6.92 Å². The van der Waals surface area contributed by atoms with Crippen LogP contribution in [0.2, 0.25) is 0 Å². The van der Waals surface area contributed by atoms with Crippen molar-refractivity contribution < 1.29 is 9.53 Å². The average molecular weight is 364 g/mol. The molecule has 140 valence electrons. The molecule has 6 nitrogen and oxygen atoms in total. The van der Waals surface area contributed by atoms with Crippen molar-refractivity contribution in [2.45, 2.75) is 26.3 Å². The molecule has 6 heteroatoms. The highest BCUT2D eigenvalue weighted by Crippen LogP contribution is 2.23. The van der Waals surface area contributed by atoms with Crippen LogP contribution in [0.4, 0.5) is 0 Å². The molecular weight excluding hydrogens is 340 g/mol. The SMILES string of the molecule is COc1cccc(-c2cc(C(=O)N(C)[C@@H](C)Cc3ncccc3C)[nH]n2)c1. The summed E-state index contributed by atoms with van der Waals surface area (Å²) in [5, 5.41) is 7.14. The van der Waals surface area contributed by atoms with Crippen LogP contribution in [0.5, 0.6) is 5.75 Å². The Hall–Kier alpha value is -3.15. The molecule has 0 spiro atoms. The smallest absolute Gasteiger partial charge is 0.271 e. The van der Waals surface area contributed by atoms with Crippen LogP contribution in [-0.4, -0.2) is 46.2 Å². The van der Waals surface area contributed by atoms with Crippen molar-refractivity contribution in [1.29, 1.82) is 0 Å². The Morgan fingerprint density at radius 3 is 2.81 bits per heavy atom. The molecule has 27 heavy (non-hydrogen) atoms. The number of aryl methyl sites for hydroxylation is 1. The fraction of sp³-hybridized carbons (Fsp3) is 0.286. The Bertz CT molecular complexity index is 935. The van der Waals surface area contributed by atoms with E-state index in [2.05, 4.69) is 15.2 Å². The number of nitrogens with zero attached hydrogens (tertiary/aromatic N) is 3. The van der Waals surface area contributed by atoms with Crippen molar-refractivity contribution in [3.8, 4) is 17.0 Å². The molecule has 0 unspecified atom stereocenters. The number of rotatable bonds is 6. The van der Waals surface area contributed by atoms with Crippen LogP contribution >= 0.6 is 0 Å². The quantitative estimate of drug-likeness (QED) is 0.727. The number of amides is 1. The second kappa shape index (κ2) is 8.03. The van der Waals surface area contributed by atoms with Gasteiger partial charge in [0.25, 0.3) is 5.91 Å². The Morgan fingerprint density at radius 1 is 1.26 bits per heavy atom. The Balaban J connectivity index is 1.73. The summed E-state index contributed by atoms with van der Waals surface area (Å²) in [7, 11) is 3.43. The van der Waals surface area contributed by atoms with Gasteiger partial charge in [-0.3, -0.25) is 14.9 Å². The second-order valence-corrected chi connectivity index (χ2v) is 6.64. The molecule has 0 aliphatic heterocycles. The lowest BCUT2D eigenvalue weighted by Crippen LogP contribution is -2.37. The third kappa shape index (κ3) is 4.16. The second-order valence-electron chi connectivity index (χ2n) is 6.64. The van der Waals surface area contributed by atoms with Gasteiger partial charge in [0.2, 0.25) is 0 Å². The van der Waals surface area contributed by atoms with Gasteiger partial charge < -0.3 is 9.64 Å². The summed E-state index contributed by atoms with van der Waals surface area (Å²) < 4.78 is 5.25. The average Bonchev–Trinajstić information content (AvgIpc) is 3.19. The van der Waals surface area contributed by atoms with Gasteiger partial charge in [0.05, 0.1) is 12.8 Å². The predicted octanol–water partition coefficient (Wildman–Crippen LogP) is 3.49. The number of carbonyl (C=O) groups is 1. The van der Waals surface area contributed by atoms with Gasteiger partial charge in [0, 0.05) is 37.0 Å². The number of carbonyl (C=O) groups excluding carboxylic acids is 1. The highest BCUT2D eigenvalue weighted by Gasteiger charge is 2.21. The molecule has 0 aliphatic rings. The molecule has 3 rings (SSSR count). The van der Waals surface area contributed by atoms with Gasteiger partial charge in [-0.05, 0) is 43.7 Å². The van der Waals surface area contributed by atoms with Crippen molar-refractivity contribution in [3.63, 3.8) is 0 Å². The molecule has 1 aromatic carbocycles. The third-order valence-corrected chi connectivity index (χ3v) is 4.76. The summed E-state index contributed by atoms with van der Waals surface area (Å²) in [6, 6.07) is 13.3. The molecule has 0 bridgehead atoms. The van der Waals surface area contributed by atoms with Gasteiger partial charge in [-0.25, -0.2) is 0 Å². The Morgan fingerprint density at radius 2 is 2.07 bits per heavy atom. The topological polar surface area (TPSA) is 71.1 Å². The summed E-state index contributed by atoms with van der Waals surface area (Å²) in [5.74, 6) is 0.651. The van der Waals surface area contributed by atoms with E-state index in [4.69, 9.17) is 4.74 Å². The minimum absolute atomic E-state index is 0.00895. The molecule has 1 amide bonds. The maximum Gasteiger partial charge on any atom is 0.271 e. The first-order chi connectivity index (χ1) is 13.0. The summed E-state index contributed by atoms with van der Waals surface area (Å²) in [6.45, 7) is 4.05. The van der Waals surface area contributed by atoms with E-state index in [0.717, 1.165) is 22.6 Å². The van der Waals surface area contributed by atoms with Gasteiger partial charge in [-0.2, -0.15) is 5.10 Å². The summed E-state index contributed by atoms with van der Waals surface area (Å²) in [4.78, 5) is 19.0. The molecule has 0 saturated heterocycles. The monoisotopic (exact) mass is 364 g/mol. The Kier molecular flexibility index (Phi) is 5.54. The van der Waals surface area contributed by atoms with Crippen molar-refractivity contribution >= 4 is 5.91 Å². The van der Waals surface area contributed by atoms with Crippen LogP contribution in [0.15, 0.2) is 48.7 Å². The molecule has 0 fully saturated rings. The van der Waals surface area contributed by atoms with Crippen LogP contribution in [0.25, 0.3) is 11.3 Å². The zero-order valence-corrected chi connectivity index (χ0v) is 16.1. The van der Waals surface area contributed by atoms with E-state index in [1.165, 1.54) is 0 Å². The van der Waals surface area contributed by atoms with Gasteiger partial charge in [-0.1, -0.05) is 18.2 Å². The number of aromatic nitrogens is 3. The van der Waals surface area contributed by atoms with E-state index in [-0.39, 0.29) is 11.9 Å². The normalized spacial score (nSPS) is 11.9. The van der Waals surface area contributed by atoms with E-state index in [1.807, 2.05) is 50.2 Å². The first-order valence-corrected chi connectivity index (χ1v) is 8.87. The third-order valence-electron chi connectivity index (χ3n) is 4.76. The predicted molar refractivity (Wildman–Crippen MR) is 105 cm³/mol. The zero-order valence-electron chi connectivity index (χ0n) is 16.1. The highest BCUT2D eigenvalue weighted by atomic mass is 16.5.